The predicted octanol–water partition coefficient (Wildman–Crippen LogP) is 2.15. The quantitative estimate of drug-likeness (QED) is 0.847. The lowest BCUT2D eigenvalue weighted by atomic mass is 10.2. The first-order valence-electron chi connectivity index (χ1n) is 7.86. The number of ether oxygens (including phenoxy) is 1. The van der Waals surface area contributed by atoms with E-state index in [1.165, 1.54) is 0 Å². The molecule has 0 spiro atoms. The average Bonchev–Trinajstić information content (AvgIpc) is 2.63. The molecule has 3 rings (SSSR count). The fraction of sp³-hybridized carbons (Fsp3) is 0.333. The molecule has 1 aromatic carbocycles. The van der Waals surface area contributed by atoms with Gasteiger partial charge in [0.1, 0.15) is 18.2 Å². The molecule has 1 aliphatic rings. The second-order valence-electron chi connectivity index (χ2n) is 5.50. The van der Waals surface area contributed by atoms with Crippen LogP contribution in [0.5, 0.6) is 5.75 Å². The third-order valence-electron chi connectivity index (χ3n) is 3.98. The molecule has 5 nitrogen and oxygen atoms in total. The number of piperazine rings is 1. The van der Waals surface area contributed by atoms with Gasteiger partial charge in [-0.3, -0.25) is 4.90 Å². The Balaban J connectivity index is 1.42. The molecule has 118 valence electrons. The molecule has 0 radical (unpaired) electrons. The monoisotopic (exact) mass is 308 g/mol. The molecule has 0 saturated carbocycles. The summed E-state index contributed by atoms with van der Waals surface area (Å²) < 4.78 is 5.74. The fourth-order valence-corrected chi connectivity index (χ4v) is 2.69. The zero-order valence-electron chi connectivity index (χ0n) is 13.1. The van der Waals surface area contributed by atoms with Crippen LogP contribution in [-0.2, 0) is 0 Å². The minimum Gasteiger partial charge on any atom is -0.492 e. The van der Waals surface area contributed by atoms with Crippen molar-refractivity contribution < 1.29 is 4.74 Å². The molecule has 2 heterocycles. The van der Waals surface area contributed by atoms with Gasteiger partial charge in [0.15, 0.2) is 0 Å². The van der Waals surface area contributed by atoms with Crippen molar-refractivity contribution in [3.63, 3.8) is 0 Å². The van der Waals surface area contributed by atoms with Crippen molar-refractivity contribution in [3.8, 4) is 11.8 Å². The van der Waals surface area contributed by atoms with Gasteiger partial charge in [-0.25, -0.2) is 4.98 Å². The lowest BCUT2D eigenvalue weighted by Gasteiger charge is -2.35. The minimum absolute atomic E-state index is 0.631. The van der Waals surface area contributed by atoms with Crippen molar-refractivity contribution in [1.29, 1.82) is 5.26 Å². The number of aromatic nitrogens is 1. The molecule has 1 aromatic heterocycles. The summed E-state index contributed by atoms with van der Waals surface area (Å²) in [5.41, 5.74) is 0.631. The highest BCUT2D eigenvalue weighted by molar-refractivity contribution is 5.38. The van der Waals surface area contributed by atoms with Crippen LogP contribution in [0.3, 0.4) is 0 Å². The maximum Gasteiger partial charge on any atom is 0.128 e. The van der Waals surface area contributed by atoms with Crippen LogP contribution in [0.1, 0.15) is 5.56 Å². The topological polar surface area (TPSA) is 52.4 Å². The molecular weight excluding hydrogens is 288 g/mol. The summed E-state index contributed by atoms with van der Waals surface area (Å²) in [6.45, 7) is 5.53. The van der Waals surface area contributed by atoms with Crippen molar-refractivity contribution in [2.75, 3.05) is 44.2 Å². The SMILES string of the molecule is N#Cc1cccc(OCCN2CCN(c3ccccn3)CC2)c1. The number of anilines is 1. The maximum absolute atomic E-state index is 8.89. The summed E-state index contributed by atoms with van der Waals surface area (Å²) in [5, 5.41) is 8.89. The van der Waals surface area contributed by atoms with Crippen molar-refractivity contribution in [3.05, 3.63) is 54.2 Å². The second-order valence-corrected chi connectivity index (χ2v) is 5.50. The maximum atomic E-state index is 8.89. The van der Waals surface area contributed by atoms with Gasteiger partial charge >= 0.3 is 0 Å². The number of nitriles is 1. The van der Waals surface area contributed by atoms with E-state index in [0.29, 0.717) is 12.2 Å². The third kappa shape index (κ3) is 4.21. The van der Waals surface area contributed by atoms with Crippen LogP contribution >= 0.6 is 0 Å². The molecule has 0 unspecified atom stereocenters. The van der Waals surface area contributed by atoms with E-state index in [0.717, 1.165) is 44.3 Å². The Bertz CT molecular complexity index is 660. The highest BCUT2D eigenvalue weighted by Gasteiger charge is 2.17. The van der Waals surface area contributed by atoms with Gasteiger partial charge in [0, 0.05) is 38.9 Å². The lowest BCUT2D eigenvalue weighted by Crippen LogP contribution is -2.47. The van der Waals surface area contributed by atoms with Crippen LogP contribution < -0.4 is 9.64 Å². The highest BCUT2D eigenvalue weighted by Crippen LogP contribution is 2.14. The summed E-state index contributed by atoms with van der Waals surface area (Å²) in [4.78, 5) is 9.11. The summed E-state index contributed by atoms with van der Waals surface area (Å²) in [6, 6.07) is 15.4. The number of rotatable bonds is 5. The Morgan fingerprint density at radius 1 is 1.09 bits per heavy atom. The summed E-state index contributed by atoms with van der Waals surface area (Å²) >= 11 is 0. The Kier molecular flexibility index (Phi) is 5.07. The van der Waals surface area contributed by atoms with E-state index in [-0.39, 0.29) is 0 Å². The highest BCUT2D eigenvalue weighted by atomic mass is 16.5. The Morgan fingerprint density at radius 3 is 2.70 bits per heavy atom. The first-order valence-corrected chi connectivity index (χ1v) is 7.86. The van der Waals surface area contributed by atoms with Crippen LogP contribution in [0.2, 0.25) is 0 Å². The molecule has 1 fully saturated rings. The fourth-order valence-electron chi connectivity index (χ4n) is 2.69. The van der Waals surface area contributed by atoms with E-state index in [9.17, 15) is 0 Å². The summed E-state index contributed by atoms with van der Waals surface area (Å²) in [7, 11) is 0. The lowest BCUT2D eigenvalue weighted by molar-refractivity contribution is 0.200. The number of nitrogens with zero attached hydrogens (tertiary/aromatic N) is 4. The first kappa shape index (κ1) is 15.3. The predicted molar refractivity (Wildman–Crippen MR) is 89.5 cm³/mol. The Labute approximate surface area is 136 Å². The Hall–Kier alpha value is -2.58. The molecule has 0 bridgehead atoms. The molecule has 0 amide bonds. The van der Waals surface area contributed by atoms with Crippen molar-refractivity contribution in [1.82, 2.24) is 9.88 Å². The molecule has 1 saturated heterocycles. The van der Waals surface area contributed by atoms with Crippen LogP contribution in [0.4, 0.5) is 5.82 Å². The number of hydrogen-bond donors (Lipinski definition) is 0. The number of benzene rings is 1. The van der Waals surface area contributed by atoms with Gasteiger partial charge in [0.2, 0.25) is 0 Å². The second kappa shape index (κ2) is 7.61. The van der Waals surface area contributed by atoms with Crippen LogP contribution in [-0.4, -0.2) is 49.2 Å². The van der Waals surface area contributed by atoms with Crippen molar-refractivity contribution in [2.24, 2.45) is 0 Å². The van der Waals surface area contributed by atoms with E-state index >= 15 is 0 Å². The molecule has 0 N–H and O–H groups in total. The van der Waals surface area contributed by atoms with Crippen molar-refractivity contribution in [2.45, 2.75) is 0 Å². The zero-order valence-corrected chi connectivity index (χ0v) is 13.1. The Morgan fingerprint density at radius 2 is 1.96 bits per heavy atom. The van der Waals surface area contributed by atoms with E-state index < -0.39 is 0 Å². The van der Waals surface area contributed by atoms with Crippen LogP contribution in [0.15, 0.2) is 48.7 Å². The summed E-state index contributed by atoms with van der Waals surface area (Å²) in [5.74, 6) is 1.81. The average molecular weight is 308 g/mol. The van der Waals surface area contributed by atoms with Gasteiger partial charge in [0.05, 0.1) is 11.6 Å². The van der Waals surface area contributed by atoms with E-state index in [4.69, 9.17) is 10.00 Å². The van der Waals surface area contributed by atoms with E-state index in [2.05, 4.69) is 26.9 Å². The van der Waals surface area contributed by atoms with E-state index in [1.54, 1.807) is 12.1 Å². The van der Waals surface area contributed by atoms with Crippen molar-refractivity contribution >= 4 is 5.82 Å². The van der Waals surface area contributed by atoms with Gasteiger partial charge in [-0.2, -0.15) is 5.26 Å². The standard InChI is InChI=1S/C18H20N4O/c19-15-16-4-3-5-17(14-16)23-13-12-21-8-10-22(11-9-21)18-6-1-2-7-20-18/h1-7,14H,8-13H2. The van der Waals surface area contributed by atoms with Gasteiger partial charge in [-0.1, -0.05) is 12.1 Å². The molecule has 1 aliphatic heterocycles. The largest absolute Gasteiger partial charge is 0.492 e. The van der Waals surface area contributed by atoms with E-state index in [1.807, 2.05) is 30.5 Å². The first-order chi connectivity index (χ1) is 11.3. The normalized spacial score (nSPS) is 15.2. The molecule has 5 heteroatoms. The zero-order chi connectivity index (χ0) is 15.9. The van der Waals surface area contributed by atoms with Gasteiger partial charge in [0.25, 0.3) is 0 Å². The third-order valence-corrected chi connectivity index (χ3v) is 3.98. The van der Waals surface area contributed by atoms with Crippen LogP contribution in [0.25, 0.3) is 0 Å². The molecule has 0 aliphatic carbocycles. The minimum atomic E-state index is 0.631. The smallest absolute Gasteiger partial charge is 0.128 e. The van der Waals surface area contributed by atoms with Gasteiger partial charge < -0.3 is 9.64 Å². The molecule has 2 aromatic rings. The molecule has 0 atom stereocenters. The molecular formula is C18H20N4O. The number of pyridine rings is 1. The van der Waals surface area contributed by atoms with Crippen LogP contribution in [0, 0.1) is 11.3 Å². The van der Waals surface area contributed by atoms with Gasteiger partial charge in [-0.15, -0.1) is 0 Å². The summed E-state index contributed by atoms with van der Waals surface area (Å²) in [6.07, 6.45) is 1.84. The number of hydrogen-bond acceptors (Lipinski definition) is 5. The molecule has 23 heavy (non-hydrogen) atoms. The van der Waals surface area contributed by atoms with Gasteiger partial charge in [-0.05, 0) is 30.3 Å².